The Morgan fingerprint density at radius 3 is 2.79 bits per heavy atom. The minimum Gasteiger partial charge on any atom is -0.287 e. The summed E-state index contributed by atoms with van der Waals surface area (Å²) in [5.41, 5.74) is 0.0444. The van der Waals surface area contributed by atoms with Crippen LogP contribution in [0.25, 0.3) is 0 Å². The van der Waals surface area contributed by atoms with Crippen molar-refractivity contribution in [2.24, 2.45) is 17.3 Å². The van der Waals surface area contributed by atoms with E-state index in [-0.39, 0.29) is 5.41 Å². The van der Waals surface area contributed by atoms with Gasteiger partial charge in [-0.3, -0.25) is 4.79 Å². The van der Waals surface area contributed by atoms with Crippen molar-refractivity contribution in [1.82, 2.24) is 0 Å². The van der Waals surface area contributed by atoms with Gasteiger partial charge in [0.1, 0.15) is 0 Å². The van der Waals surface area contributed by atoms with E-state index < -0.39 is 0 Å². The van der Waals surface area contributed by atoms with Gasteiger partial charge in [-0.1, -0.05) is 32.0 Å². The van der Waals surface area contributed by atoms with E-state index in [4.69, 9.17) is 0 Å². The molecule has 2 bridgehead atoms. The van der Waals surface area contributed by atoms with Crippen molar-refractivity contribution in [3.05, 3.63) is 0 Å². The number of fused-ring (bicyclic) bond motifs is 2. The molecule has 0 spiro atoms. The van der Waals surface area contributed by atoms with Gasteiger partial charge in [-0.05, 0) is 37.5 Å². The van der Waals surface area contributed by atoms with Gasteiger partial charge < -0.3 is 0 Å². The maximum Gasteiger partial charge on any atom is 0.195 e. The highest BCUT2D eigenvalue weighted by molar-refractivity contribution is 8.13. The van der Waals surface area contributed by atoms with Gasteiger partial charge in [-0.15, -0.1) is 0 Å². The Hall–Kier alpha value is 0.0200. The number of thioether (sulfide) groups is 1. The molecule has 3 atom stereocenters. The molecule has 0 N–H and O–H groups in total. The average Bonchev–Trinajstić information content (AvgIpc) is 2.73. The monoisotopic (exact) mass is 212 g/mol. The predicted octanol–water partition coefficient (Wildman–Crippen LogP) is 3.48. The molecule has 0 radical (unpaired) electrons. The van der Waals surface area contributed by atoms with Gasteiger partial charge in [0.05, 0.1) is 0 Å². The van der Waals surface area contributed by atoms with Crippen molar-refractivity contribution >= 4 is 16.9 Å². The van der Waals surface area contributed by atoms with Gasteiger partial charge in [0, 0.05) is 11.2 Å². The number of hydrogen-bond donors (Lipinski definition) is 0. The summed E-state index contributed by atoms with van der Waals surface area (Å²) in [5.74, 6) is 2.59. The fraction of sp³-hybridized carbons (Fsp3) is 0.917. The zero-order valence-electron chi connectivity index (χ0n) is 9.21. The first-order chi connectivity index (χ1) is 6.66. The van der Waals surface area contributed by atoms with Crippen LogP contribution in [0.4, 0.5) is 0 Å². The first-order valence-electron chi connectivity index (χ1n) is 5.84. The van der Waals surface area contributed by atoms with E-state index in [1.807, 2.05) is 0 Å². The molecule has 0 heterocycles. The smallest absolute Gasteiger partial charge is 0.195 e. The minimum absolute atomic E-state index is 0.0444. The van der Waals surface area contributed by atoms with E-state index in [0.717, 1.165) is 18.1 Å². The Bertz CT molecular complexity index is 238. The summed E-state index contributed by atoms with van der Waals surface area (Å²) in [6.45, 7) is 4.35. The topological polar surface area (TPSA) is 17.1 Å². The van der Waals surface area contributed by atoms with E-state index in [0.29, 0.717) is 11.0 Å². The molecule has 0 saturated heterocycles. The van der Waals surface area contributed by atoms with Crippen LogP contribution in [-0.2, 0) is 4.79 Å². The Labute approximate surface area is 91.0 Å². The fourth-order valence-electron chi connectivity index (χ4n) is 3.22. The number of carbonyl (C=O) groups excluding carboxylic acids is 1. The lowest BCUT2D eigenvalue weighted by Gasteiger charge is -2.31. The summed E-state index contributed by atoms with van der Waals surface area (Å²) in [4.78, 5) is 12.1. The van der Waals surface area contributed by atoms with Crippen LogP contribution in [-0.4, -0.2) is 10.9 Å². The van der Waals surface area contributed by atoms with Crippen LogP contribution >= 0.6 is 11.8 Å². The second-order valence-electron chi connectivity index (χ2n) is 5.13. The van der Waals surface area contributed by atoms with Crippen molar-refractivity contribution in [3.63, 3.8) is 0 Å². The van der Waals surface area contributed by atoms with Crippen LogP contribution in [0.3, 0.4) is 0 Å². The molecule has 0 aromatic heterocycles. The van der Waals surface area contributed by atoms with Crippen LogP contribution < -0.4 is 0 Å². The van der Waals surface area contributed by atoms with E-state index >= 15 is 0 Å². The third kappa shape index (κ3) is 1.62. The summed E-state index contributed by atoms with van der Waals surface area (Å²) in [5, 5.41) is 0.478. The van der Waals surface area contributed by atoms with E-state index in [2.05, 4.69) is 13.8 Å². The number of hydrogen-bond acceptors (Lipinski definition) is 2. The standard InChI is InChI=1S/C12H20OS/c1-3-6-14-11(13)12(2)8-9-4-5-10(12)7-9/h9-10H,3-8H2,1-2H3. The largest absolute Gasteiger partial charge is 0.287 e. The van der Waals surface area contributed by atoms with Gasteiger partial charge in [0.15, 0.2) is 5.12 Å². The third-order valence-electron chi connectivity index (χ3n) is 4.06. The van der Waals surface area contributed by atoms with Crippen molar-refractivity contribution in [3.8, 4) is 0 Å². The molecular formula is C12H20OS. The zero-order chi connectivity index (χ0) is 10.2. The van der Waals surface area contributed by atoms with Crippen LogP contribution in [0, 0.1) is 17.3 Å². The third-order valence-corrected chi connectivity index (χ3v) is 5.40. The quantitative estimate of drug-likeness (QED) is 0.712. The molecular weight excluding hydrogens is 192 g/mol. The molecule has 0 amide bonds. The molecule has 3 unspecified atom stereocenters. The number of rotatable bonds is 3. The molecule has 2 fully saturated rings. The first kappa shape index (κ1) is 10.5. The van der Waals surface area contributed by atoms with Gasteiger partial charge in [0.25, 0.3) is 0 Å². The van der Waals surface area contributed by atoms with E-state index in [9.17, 15) is 4.79 Å². The molecule has 14 heavy (non-hydrogen) atoms. The Balaban J connectivity index is 1.99. The normalized spacial score (nSPS) is 40.4. The summed E-state index contributed by atoms with van der Waals surface area (Å²) in [6, 6.07) is 0. The van der Waals surface area contributed by atoms with Crippen LogP contribution in [0.15, 0.2) is 0 Å². The second kappa shape index (κ2) is 3.88. The molecule has 2 aliphatic rings. The molecule has 0 aliphatic heterocycles. The summed E-state index contributed by atoms with van der Waals surface area (Å²) < 4.78 is 0. The SMILES string of the molecule is CCCSC(=O)C1(C)CC2CCC1C2. The van der Waals surface area contributed by atoms with E-state index in [1.54, 1.807) is 11.8 Å². The van der Waals surface area contributed by atoms with Crippen molar-refractivity contribution in [2.45, 2.75) is 46.0 Å². The van der Waals surface area contributed by atoms with Gasteiger partial charge in [0.2, 0.25) is 0 Å². The van der Waals surface area contributed by atoms with Crippen LogP contribution in [0.5, 0.6) is 0 Å². The molecule has 2 aliphatic carbocycles. The maximum absolute atomic E-state index is 12.1. The molecule has 80 valence electrons. The van der Waals surface area contributed by atoms with Crippen LogP contribution in [0.1, 0.15) is 46.0 Å². The van der Waals surface area contributed by atoms with Gasteiger partial charge in [-0.25, -0.2) is 0 Å². The van der Waals surface area contributed by atoms with Gasteiger partial charge >= 0.3 is 0 Å². The zero-order valence-corrected chi connectivity index (χ0v) is 10.0. The lowest BCUT2D eigenvalue weighted by Crippen LogP contribution is -2.31. The molecule has 1 nitrogen and oxygen atoms in total. The lowest BCUT2D eigenvalue weighted by molar-refractivity contribution is -0.121. The molecule has 0 aromatic rings. The van der Waals surface area contributed by atoms with Crippen molar-refractivity contribution in [1.29, 1.82) is 0 Å². The second-order valence-corrected chi connectivity index (χ2v) is 6.20. The molecule has 2 rings (SSSR count). The molecule has 2 heteroatoms. The van der Waals surface area contributed by atoms with E-state index in [1.165, 1.54) is 25.7 Å². The highest BCUT2D eigenvalue weighted by Crippen LogP contribution is 2.57. The van der Waals surface area contributed by atoms with Crippen LogP contribution in [0.2, 0.25) is 0 Å². The van der Waals surface area contributed by atoms with Crippen molar-refractivity contribution in [2.75, 3.05) is 5.75 Å². The Morgan fingerprint density at radius 2 is 2.29 bits per heavy atom. The van der Waals surface area contributed by atoms with Crippen molar-refractivity contribution < 1.29 is 4.79 Å². The molecule has 2 saturated carbocycles. The summed E-state index contributed by atoms with van der Waals surface area (Å²) in [7, 11) is 0. The highest BCUT2D eigenvalue weighted by atomic mass is 32.2. The Kier molecular flexibility index (Phi) is 2.92. The minimum atomic E-state index is 0.0444. The summed E-state index contributed by atoms with van der Waals surface area (Å²) in [6.07, 6.45) is 6.30. The lowest BCUT2D eigenvalue weighted by atomic mass is 9.76. The Morgan fingerprint density at radius 1 is 1.50 bits per heavy atom. The van der Waals surface area contributed by atoms with Gasteiger partial charge in [-0.2, -0.15) is 0 Å². The maximum atomic E-state index is 12.1. The first-order valence-corrected chi connectivity index (χ1v) is 6.82. The number of carbonyl (C=O) groups is 1. The average molecular weight is 212 g/mol. The summed E-state index contributed by atoms with van der Waals surface area (Å²) >= 11 is 1.57. The molecule has 0 aromatic carbocycles. The predicted molar refractivity (Wildman–Crippen MR) is 61.3 cm³/mol. The highest BCUT2D eigenvalue weighted by Gasteiger charge is 2.51. The fourth-order valence-corrected chi connectivity index (χ4v) is 4.18.